The van der Waals surface area contributed by atoms with Crippen LogP contribution in [0.2, 0.25) is 0 Å². The molecule has 3 heterocycles. The Hall–Kier alpha value is -7.61. The van der Waals surface area contributed by atoms with E-state index in [4.69, 9.17) is 15.0 Å². The van der Waals surface area contributed by atoms with Crippen molar-refractivity contribution in [2.24, 2.45) is 0 Å². The van der Waals surface area contributed by atoms with Crippen LogP contribution in [0.3, 0.4) is 0 Å². The first kappa shape index (κ1) is 33.7. The van der Waals surface area contributed by atoms with Gasteiger partial charge in [0.25, 0.3) is 0 Å². The van der Waals surface area contributed by atoms with Gasteiger partial charge in [0.1, 0.15) is 18.1 Å². The molecule has 0 radical (unpaired) electrons. The third kappa shape index (κ3) is 5.36. The summed E-state index contributed by atoms with van der Waals surface area (Å²) in [5, 5.41) is 3.80. The smallest absolute Gasteiger partial charge is 0.224 e. The third-order valence-electron chi connectivity index (χ3n) is 11.3. The zero-order valence-corrected chi connectivity index (χ0v) is 32.5. The highest BCUT2D eigenvalue weighted by Crippen LogP contribution is 2.34. The second kappa shape index (κ2) is 13.8. The summed E-state index contributed by atoms with van der Waals surface area (Å²) in [5.74, 6) is 0. The molecular weight excluding hydrogens is 725 g/mol. The summed E-state index contributed by atoms with van der Waals surface area (Å²) in [4.78, 5) is 15.3. The molecule has 58 heavy (non-hydrogen) atoms. The second-order valence-electron chi connectivity index (χ2n) is 14.6. The van der Waals surface area contributed by atoms with E-state index in [9.17, 15) is 0 Å². The highest BCUT2D eigenvalue weighted by molar-refractivity contribution is 7.19. The molecule has 6 nitrogen and oxygen atoms in total. The van der Waals surface area contributed by atoms with Crippen LogP contribution in [0.1, 0.15) is 0 Å². The van der Waals surface area contributed by atoms with Crippen molar-refractivity contribution in [3.8, 4) is 28.2 Å². The van der Waals surface area contributed by atoms with E-state index >= 15 is 0 Å². The van der Waals surface area contributed by atoms with Crippen molar-refractivity contribution in [1.29, 1.82) is 0 Å². The van der Waals surface area contributed by atoms with Crippen LogP contribution >= 0.6 is 0 Å². The Morgan fingerprint density at radius 1 is 0.379 bits per heavy atom. The number of benzene rings is 8. The molecule has 0 bridgehead atoms. The van der Waals surface area contributed by atoms with E-state index in [2.05, 4.69) is 208 Å². The minimum Gasteiger partial charge on any atom is -0.299 e. The van der Waals surface area contributed by atoms with Crippen LogP contribution in [0.25, 0.3) is 61.3 Å². The number of imidazole rings is 3. The Morgan fingerprint density at radius 3 is 1.34 bits per heavy atom. The molecule has 3 aromatic heterocycles. The lowest BCUT2D eigenvalue weighted by molar-refractivity contribution is 1.06. The molecule has 11 aromatic rings. The molecule has 11 rings (SSSR count). The summed E-state index contributed by atoms with van der Waals surface area (Å²) in [6, 6.07) is 73.8. The number of hydrogen-bond donors (Lipinski definition) is 0. The van der Waals surface area contributed by atoms with Gasteiger partial charge in [0.05, 0.1) is 38.8 Å². The van der Waals surface area contributed by atoms with Gasteiger partial charge in [-0.1, -0.05) is 146 Å². The molecule has 8 aromatic carbocycles. The maximum atomic E-state index is 5.71. The molecule has 0 aliphatic carbocycles. The lowest BCUT2D eigenvalue weighted by Gasteiger charge is -2.34. The van der Waals surface area contributed by atoms with Crippen LogP contribution in [0, 0.1) is 0 Å². The van der Waals surface area contributed by atoms with Gasteiger partial charge in [0, 0.05) is 16.9 Å². The first-order valence-corrected chi connectivity index (χ1v) is 21.5. The first-order chi connectivity index (χ1) is 28.8. The van der Waals surface area contributed by atoms with Gasteiger partial charge in [-0.15, -0.1) is 0 Å². The van der Waals surface area contributed by atoms with Crippen molar-refractivity contribution in [3.05, 3.63) is 219 Å². The third-order valence-corrected chi connectivity index (χ3v) is 15.9. The van der Waals surface area contributed by atoms with Gasteiger partial charge >= 0.3 is 0 Å². The van der Waals surface area contributed by atoms with Gasteiger partial charge < -0.3 is 0 Å². The van der Waals surface area contributed by atoms with Crippen molar-refractivity contribution < 1.29 is 0 Å². The quantitative estimate of drug-likeness (QED) is 0.115. The fraction of sp³-hybridized carbons (Fsp3) is 0. The summed E-state index contributed by atoms with van der Waals surface area (Å²) >= 11 is 0. The largest absolute Gasteiger partial charge is 0.299 e. The molecule has 0 aliphatic heterocycles. The summed E-state index contributed by atoms with van der Waals surface area (Å²) in [6.45, 7) is 0. The van der Waals surface area contributed by atoms with Crippen molar-refractivity contribution in [3.63, 3.8) is 0 Å². The van der Waals surface area contributed by atoms with Gasteiger partial charge in [-0.05, 0) is 81.8 Å². The average Bonchev–Trinajstić information content (AvgIpc) is 4.04. The highest BCUT2D eigenvalue weighted by atomic mass is 28.3. The highest BCUT2D eigenvalue weighted by Gasteiger charge is 2.46. The van der Waals surface area contributed by atoms with Crippen molar-refractivity contribution in [2.45, 2.75) is 0 Å². The standard InChI is InChI=1S/C51H36N6Si/c1-4-18-40(19-5-1)58(41-20-6-2-7-21-41,42-22-8-3-9-23-42)51-54-46-27-13-17-31-50(46)57(51)47-28-14-10-24-43(47)37-32-38(55-35-52-44-25-11-15-29-48(44)55)34-39(33-37)56-36-53-45-26-12-16-30-49(45)56/h1-36H. The number of para-hydroxylation sites is 7. The van der Waals surface area contributed by atoms with Crippen LogP contribution in [0.4, 0.5) is 0 Å². The van der Waals surface area contributed by atoms with E-state index in [1.807, 2.05) is 24.8 Å². The van der Waals surface area contributed by atoms with Crippen LogP contribution in [0.5, 0.6) is 0 Å². The van der Waals surface area contributed by atoms with Crippen LogP contribution in [-0.4, -0.2) is 36.7 Å². The number of hydrogen-bond acceptors (Lipinski definition) is 3. The maximum Gasteiger partial charge on any atom is 0.224 e. The SMILES string of the molecule is c1ccc([Si](c2ccccc2)(c2ccccc2)c2nc3ccccc3n2-c2ccccc2-c2cc(-n3cnc4ccccc43)cc(-n3cnc4ccccc43)c2)cc1. The molecule has 0 atom stereocenters. The van der Waals surface area contributed by atoms with Crippen LogP contribution in [-0.2, 0) is 0 Å². The molecule has 0 saturated carbocycles. The monoisotopic (exact) mass is 760 g/mol. The zero-order chi connectivity index (χ0) is 38.5. The Labute approximate surface area is 336 Å². The average molecular weight is 761 g/mol. The first-order valence-electron chi connectivity index (χ1n) is 19.5. The van der Waals surface area contributed by atoms with Gasteiger partial charge in [0.15, 0.2) is 0 Å². The minimum atomic E-state index is -3.08. The molecule has 0 saturated heterocycles. The second-order valence-corrected chi connectivity index (χ2v) is 18.2. The summed E-state index contributed by atoms with van der Waals surface area (Å²) in [5.41, 5.74) is 12.2. The summed E-state index contributed by atoms with van der Waals surface area (Å²) < 4.78 is 6.82. The number of nitrogens with zero attached hydrogens (tertiary/aromatic N) is 6. The molecule has 0 aliphatic rings. The molecule has 0 unspecified atom stereocenters. The molecule has 0 N–H and O–H groups in total. The number of fused-ring (bicyclic) bond motifs is 3. The van der Waals surface area contributed by atoms with Crippen molar-refractivity contribution >= 4 is 62.2 Å². The van der Waals surface area contributed by atoms with Crippen LogP contribution < -0.4 is 21.0 Å². The van der Waals surface area contributed by atoms with E-state index in [0.717, 1.165) is 66.7 Å². The van der Waals surface area contributed by atoms with E-state index < -0.39 is 8.07 Å². The fourth-order valence-corrected chi connectivity index (χ4v) is 13.5. The molecule has 0 amide bonds. The van der Waals surface area contributed by atoms with Gasteiger partial charge in [0.2, 0.25) is 8.07 Å². The van der Waals surface area contributed by atoms with E-state index in [1.165, 1.54) is 15.6 Å². The fourth-order valence-electron chi connectivity index (χ4n) is 8.74. The maximum absolute atomic E-state index is 5.71. The molecule has 0 spiro atoms. The lowest BCUT2D eigenvalue weighted by Crippen LogP contribution is -2.76. The Bertz CT molecular complexity index is 3050. The Morgan fingerprint density at radius 2 is 0.810 bits per heavy atom. The molecule has 274 valence electrons. The van der Waals surface area contributed by atoms with E-state index in [1.54, 1.807) is 0 Å². The van der Waals surface area contributed by atoms with Crippen molar-refractivity contribution in [1.82, 2.24) is 28.7 Å². The molecule has 7 heteroatoms. The van der Waals surface area contributed by atoms with Crippen molar-refractivity contribution in [2.75, 3.05) is 0 Å². The molecular formula is C51H36N6Si. The topological polar surface area (TPSA) is 53.5 Å². The predicted octanol–water partition coefficient (Wildman–Crippen LogP) is 8.75. The van der Waals surface area contributed by atoms with Gasteiger partial charge in [-0.3, -0.25) is 13.7 Å². The lowest BCUT2D eigenvalue weighted by atomic mass is 10.0. The number of rotatable bonds is 8. The minimum absolute atomic E-state index is 0.946. The predicted molar refractivity (Wildman–Crippen MR) is 239 cm³/mol. The van der Waals surface area contributed by atoms with E-state index in [0.29, 0.717) is 0 Å². The Kier molecular flexibility index (Phi) is 8.05. The number of aromatic nitrogens is 6. The van der Waals surface area contributed by atoms with Gasteiger partial charge in [-0.25, -0.2) is 15.0 Å². The Balaban J connectivity index is 1.23. The summed E-state index contributed by atoms with van der Waals surface area (Å²) in [6.07, 6.45) is 3.85. The zero-order valence-electron chi connectivity index (χ0n) is 31.5. The molecule has 0 fully saturated rings. The summed E-state index contributed by atoms with van der Waals surface area (Å²) in [7, 11) is -3.08. The normalized spacial score (nSPS) is 11.8. The van der Waals surface area contributed by atoms with Gasteiger partial charge in [-0.2, -0.15) is 0 Å². The van der Waals surface area contributed by atoms with E-state index in [-0.39, 0.29) is 0 Å². The van der Waals surface area contributed by atoms with Crippen LogP contribution in [0.15, 0.2) is 219 Å².